The summed E-state index contributed by atoms with van der Waals surface area (Å²) >= 11 is 0. The first-order valence-electron chi connectivity index (χ1n) is 5.06. The maximum Gasteiger partial charge on any atom is 0.269 e. The van der Waals surface area contributed by atoms with Crippen molar-refractivity contribution in [3.8, 4) is 0 Å². The van der Waals surface area contributed by atoms with E-state index in [-0.39, 0.29) is 5.69 Å². The number of benzene rings is 1. The largest absolute Gasteiger partial charge is 0.357 e. The number of non-ortho nitro benzene ring substituents is 1. The number of nitrogens with zero attached hydrogens (tertiary/aromatic N) is 3. The van der Waals surface area contributed by atoms with E-state index in [0.717, 1.165) is 5.36 Å². The maximum atomic E-state index is 10.5. The summed E-state index contributed by atoms with van der Waals surface area (Å²) in [6.45, 7) is 0. The van der Waals surface area contributed by atoms with Crippen LogP contribution in [0.5, 0.6) is 0 Å². The molecule has 0 unspecified atom stereocenters. The average molecular weight is 229 g/mol. The van der Waals surface area contributed by atoms with Crippen LogP contribution in [0.3, 0.4) is 0 Å². The standard InChI is InChI=1S/C12H11N3O2/c1-14-8-6-11(7-9-14)13-10-2-4-12(5-3-10)15(16)17/h2-9H,1H3. The zero-order valence-corrected chi connectivity index (χ0v) is 9.28. The van der Waals surface area contributed by atoms with Crippen molar-refractivity contribution in [3.63, 3.8) is 0 Å². The molecule has 2 aromatic rings. The number of nitro benzene ring substituents is 1. The molecule has 0 aliphatic rings. The number of aromatic nitrogens is 1. The number of rotatable bonds is 2. The van der Waals surface area contributed by atoms with Crippen molar-refractivity contribution in [3.05, 3.63) is 64.3 Å². The number of hydrogen-bond donors (Lipinski definition) is 0. The van der Waals surface area contributed by atoms with Crippen molar-refractivity contribution in [2.75, 3.05) is 0 Å². The van der Waals surface area contributed by atoms with E-state index in [1.54, 1.807) is 12.1 Å². The Morgan fingerprint density at radius 2 is 1.71 bits per heavy atom. The van der Waals surface area contributed by atoms with Crippen LogP contribution in [0.15, 0.2) is 53.8 Å². The van der Waals surface area contributed by atoms with Gasteiger partial charge in [-0.2, -0.15) is 0 Å². The van der Waals surface area contributed by atoms with Gasteiger partial charge in [0.15, 0.2) is 0 Å². The second-order valence-electron chi connectivity index (χ2n) is 3.61. The molecule has 0 atom stereocenters. The van der Waals surface area contributed by atoms with Crippen molar-refractivity contribution >= 4 is 11.4 Å². The van der Waals surface area contributed by atoms with Crippen LogP contribution in [0.4, 0.5) is 11.4 Å². The van der Waals surface area contributed by atoms with Gasteiger partial charge in [0.05, 0.1) is 16.0 Å². The zero-order chi connectivity index (χ0) is 12.3. The molecule has 2 rings (SSSR count). The molecular weight excluding hydrogens is 218 g/mol. The summed E-state index contributed by atoms with van der Waals surface area (Å²) in [6.07, 6.45) is 3.79. The van der Waals surface area contributed by atoms with E-state index < -0.39 is 4.92 Å². The fraction of sp³-hybridized carbons (Fsp3) is 0.0833. The number of nitro groups is 1. The Labute approximate surface area is 97.8 Å². The topological polar surface area (TPSA) is 60.4 Å². The summed E-state index contributed by atoms with van der Waals surface area (Å²) in [5.74, 6) is 0. The normalized spacial score (nSPS) is 9.94. The van der Waals surface area contributed by atoms with Gasteiger partial charge in [0.1, 0.15) is 0 Å². The Morgan fingerprint density at radius 1 is 1.12 bits per heavy atom. The van der Waals surface area contributed by atoms with Crippen molar-refractivity contribution in [2.24, 2.45) is 12.0 Å². The minimum absolute atomic E-state index is 0.0726. The summed E-state index contributed by atoms with van der Waals surface area (Å²) < 4.78 is 1.91. The van der Waals surface area contributed by atoms with Gasteiger partial charge in [0.2, 0.25) is 0 Å². The number of pyridine rings is 1. The third-order valence-electron chi connectivity index (χ3n) is 2.28. The first-order valence-corrected chi connectivity index (χ1v) is 5.06. The Bertz CT molecular complexity index is 579. The first kappa shape index (κ1) is 11.1. The van der Waals surface area contributed by atoms with Crippen LogP contribution in [-0.4, -0.2) is 9.49 Å². The molecule has 17 heavy (non-hydrogen) atoms. The lowest BCUT2D eigenvalue weighted by Crippen LogP contribution is -2.01. The minimum Gasteiger partial charge on any atom is -0.357 e. The highest BCUT2D eigenvalue weighted by atomic mass is 16.6. The van der Waals surface area contributed by atoms with Crippen LogP contribution < -0.4 is 5.36 Å². The van der Waals surface area contributed by atoms with E-state index in [1.165, 1.54) is 12.1 Å². The Morgan fingerprint density at radius 3 is 2.24 bits per heavy atom. The smallest absolute Gasteiger partial charge is 0.269 e. The van der Waals surface area contributed by atoms with E-state index >= 15 is 0 Å². The lowest BCUT2D eigenvalue weighted by atomic mass is 10.3. The molecule has 0 radical (unpaired) electrons. The van der Waals surface area contributed by atoms with E-state index in [4.69, 9.17) is 0 Å². The van der Waals surface area contributed by atoms with Crippen molar-refractivity contribution < 1.29 is 4.92 Å². The van der Waals surface area contributed by atoms with Crippen LogP contribution in [-0.2, 0) is 7.05 Å². The summed E-state index contributed by atoms with van der Waals surface area (Å²) in [4.78, 5) is 14.4. The highest BCUT2D eigenvalue weighted by molar-refractivity contribution is 5.44. The molecule has 0 aliphatic carbocycles. The van der Waals surface area contributed by atoms with Gasteiger partial charge in [-0.25, -0.2) is 4.99 Å². The summed E-state index contributed by atoms with van der Waals surface area (Å²) in [7, 11) is 1.93. The fourth-order valence-corrected chi connectivity index (χ4v) is 1.37. The third kappa shape index (κ3) is 2.78. The Kier molecular flexibility index (Phi) is 3.00. The van der Waals surface area contributed by atoms with E-state index in [1.807, 2.05) is 36.1 Å². The van der Waals surface area contributed by atoms with Crippen LogP contribution in [0.1, 0.15) is 0 Å². The van der Waals surface area contributed by atoms with Gasteiger partial charge in [-0.1, -0.05) is 0 Å². The van der Waals surface area contributed by atoms with Crippen LogP contribution >= 0.6 is 0 Å². The lowest BCUT2D eigenvalue weighted by Gasteiger charge is -1.96. The molecule has 0 fully saturated rings. The SMILES string of the molecule is Cn1ccc(=Nc2ccc([N+](=O)[O-])cc2)cc1. The Balaban J connectivity index is 2.33. The molecule has 0 spiro atoms. The second kappa shape index (κ2) is 4.61. The van der Waals surface area contributed by atoms with Gasteiger partial charge >= 0.3 is 0 Å². The predicted octanol–water partition coefficient (Wildman–Crippen LogP) is 2.17. The van der Waals surface area contributed by atoms with E-state index in [0.29, 0.717) is 5.69 Å². The van der Waals surface area contributed by atoms with E-state index in [9.17, 15) is 10.1 Å². The van der Waals surface area contributed by atoms with Crippen LogP contribution in [0.25, 0.3) is 0 Å². The fourth-order valence-electron chi connectivity index (χ4n) is 1.37. The highest BCUT2D eigenvalue weighted by Crippen LogP contribution is 2.16. The molecule has 0 saturated carbocycles. The maximum absolute atomic E-state index is 10.5. The molecule has 1 heterocycles. The van der Waals surface area contributed by atoms with Crippen LogP contribution in [0, 0.1) is 10.1 Å². The average Bonchev–Trinajstić information content (AvgIpc) is 2.33. The van der Waals surface area contributed by atoms with Gasteiger partial charge in [-0.05, 0) is 24.3 Å². The summed E-state index contributed by atoms with van der Waals surface area (Å²) in [5.41, 5.74) is 0.771. The Hall–Kier alpha value is -2.43. The molecule has 0 aliphatic heterocycles. The molecule has 5 nitrogen and oxygen atoms in total. The monoisotopic (exact) mass is 229 g/mol. The molecule has 0 bridgehead atoms. The zero-order valence-electron chi connectivity index (χ0n) is 9.28. The van der Waals surface area contributed by atoms with Gasteiger partial charge in [-0.3, -0.25) is 10.1 Å². The van der Waals surface area contributed by atoms with Gasteiger partial charge in [0, 0.05) is 31.6 Å². The number of aryl methyl sites for hydroxylation is 1. The molecule has 5 heteroatoms. The van der Waals surface area contributed by atoms with E-state index in [2.05, 4.69) is 4.99 Å². The van der Waals surface area contributed by atoms with Gasteiger partial charge in [0.25, 0.3) is 5.69 Å². The number of hydrogen-bond acceptors (Lipinski definition) is 3. The van der Waals surface area contributed by atoms with Crippen LogP contribution in [0.2, 0.25) is 0 Å². The predicted molar refractivity (Wildman–Crippen MR) is 63.7 cm³/mol. The highest BCUT2D eigenvalue weighted by Gasteiger charge is 2.02. The molecule has 0 N–H and O–H groups in total. The quantitative estimate of drug-likeness (QED) is 0.585. The molecule has 1 aromatic heterocycles. The van der Waals surface area contributed by atoms with Crippen molar-refractivity contribution in [1.29, 1.82) is 0 Å². The molecule has 0 saturated heterocycles. The third-order valence-corrected chi connectivity index (χ3v) is 2.28. The van der Waals surface area contributed by atoms with Crippen molar-refractivity contribution in [1.82, 2.24) is 4.57 Å². The minimum atomic E-state index is -0.424. The second-order valence-corrected chi connectivity index (χ2v) is 3.61. The molecule has 1 aromatic carbocycles. The first-order chi connectivity index (χ1) is 8.15. The molecular formula is C12H11N3O2. The molecule has 86 valence electrons. The lowest BCUT2D eigenvalue weighted by molar-refractivity contribution is -0.384. The van der Waals surface area contributed by atoms with Gasteiger partial charge < -0.3 is 4.57 Å². The summed E-state index contributed by atoms with van der Waals surface area (Å²) in [6, 6.07) is 9.91. The summed E-state index contributed by atoms with van der Waals surface area (Å²) in [5, 5.41) is 11.3. The van der Waals surface area contributed by atoms with Crippen molar-refractivity contribution in [2.45, 2.75) is 0 Å². The molecule has 0 amide bonds. The van der Waals surface area contributed by atoms with Gasteiger partial charge in [-0.15, -0.1) is 0 Å².